The topological polar surface area (TPSA) is 43.4 Å². The lowest BCUT2D eigenvalue weighted by Crippen LogP contribution is -2.28. The summed E-state index contributed by atoms with van der Waals surface area (Å²) in [5.74, 6) is -0.412. The molecule has 0 fully saturated rings. The maximum Gasteiger partial charge on any atom is 0.523 e. The van der Waals surface area contributed by atoms with E-state index in [0.717, 1.165) is 0 Å². The van der Waals surface area contributed by atoms with Crippen LogP contribution < -0.4 is 0 Å². The van der Waals surface area contributed by atoms with Gasteiger partial charge in [0.1, 0.15) is 6.10 Å². The molecule has 1 aromatic rings. The first-order chi connectivity index (χ1) is 8.15. The van der Waals surface area contributed by atoms with Crippen LogP contribution in [0.1, 0.15) is 25.5 Å². The monoisotopic (exact) mass is 282 g/mol. The van der Waals surface area contributed by atoms with Crippen LogP contribution in [0.5, 0.6) is 0 Å². The highest BCUT2D eigenvalue weighted by Crippen LogP contribution is 2.33. The zero-order valence-electron chi connectivity index (χ0n) is 9.81. The molecule has 0 radical (unpaired) electrons. The molecule has 102 valence electrons. The van der Waals surface area contributed by atoms with Crippen molar-refractivity contribution in [1.29, 1.82) is 0 Å². The Morgan fingerprint density at radius 2 is 1.61 bits per heavy atom. The summed E-state index contributed by atoms with van der Waals surface area (Å²) in [7, 11) is -5.59. The number of hydrogen-bond donors (Lipinski definition) is 0. The third-order valence-electron chi connectivity index (χ3n) is 2.25. The highest BCUT2D eigenvalue weighted by Gasteiger charge is 2.49. The van der Waals surface area contributed by atoms with Gasteiger partial charge in [-0.1, -0.05) is 44.2 Å². The van der Waals surface area contributed by atoms with Crippen LogP contribution in [0.25, 0.3) is 0 Å². The molecular weight excluding hydrogens is 269 g/mol. The molecule has 18 heavy (non-hydrogen) atoms. The fourth-order valence-electron chi connectivity index (χ4n) is 1.39. The van der Waals surface area contributed by atoms with Crippen molar-refractivity contribution in [3.05, 3.63) is 35.9 Å². The van der Waals surface area contributed by atoms with Gasteiger partial charge in [-0.05, 0) is 11.5 Å². The summed E-state index contributed by atoms with van der Waals surface area (Å²) in [6.45, 7) is 3.17. The Balaban J connectivity index is 3.04. The van der Waals surface area contributed by atoms with Crippen molar-refractivity contribution < 1.29 is 25.8 Å². The molecule has 7 heteroatoms. The van der Waals surface area contributed by atoms with Crippen LogP contribution in [0.2, 0.25) is 0 Å². The number of hydrogen-bond acceptors (Lipinski definition) is 3. The number of benzene rings is 1. The van der Waals surface area contributed by atoms with Crippen molar-refractivity contribution in [2.45, 2.75) is 25.5 Å². The third-order valence-corrected chi connectivity index (χ3v) is 3.28. The van der Waals surface area contributed by atoms with Crippen molar-refractivity contribution in [3.8, 4) is 0 Å². The second-order valence-electron chi connectivity index (χ2n) is 4.07. The average molecular weight is 282 g/mol. The van der Waals surface area contributed by atoms with E-state index in [0.29, 0.717) is 5.56 Å². The average Bonchev–Trinajstić information content (AvgIpc) is 2.25. The summed E-state index contributed by atoms with van der Waals surface area (Å²) in [5.41, 5.74) is -5.02. The van der Waals surface area contributed by atoms with E-state index in [4.69, 9.17) is 0 Å². The minimum absolute atomic E-state index is 0.389. The van der Waals surface area contributed by atoms with Gasteiger partial charge >= 0.3 is 15.6 Å². The fraction of sp³-hybridized carbons (Fsp3) is 0.455. The minimum Gasteiger partial charge on any atom is -0.255 e. The van der Waals surface area contributed by atoms with Crippen molar-refractivity contribution in [2.75, 3.05) is 0 Å². The van der Waals surface area contributed by atoms with E-state index in [-0.39, 0.29) is 0 Å². The Hall–Kier alpha value is -1.08. The molecule has 0 N–H and O–H groups in total. The predicted octanol–water partition coefficient (Wildman–Crippen LogP) is 3.25. The van der Waals surface area contributed by atoms with Gasteiger partial charge in [0.05, 0.1) is 0 Å². The fourth-order valence-corrected chi connectivity index (χ4v) is 2.10. The van der Waals surface area contributed by atoms with Gasteiger partial charge in [0.25, 0.3) is 0 Å². The largest absolute Gasteiger partial charge is 0.523 e. The smallest absolute Gasteiger partial charge is 0.255 e. The maximum atomic E-state index is 12.3. The molecule has 0 bridgehead atoms. The van der Waals surface area contributed by atoms with Crippen molar-refractivity contribution in [2.24, 2.45) is 5.92 Å². The normalized spacial score (nSPS) is 14.8. The van der Waals surface area contributed by atoms with E-state index < -0.39 is 27.6 Å². The van der Waals surface area contributed by atoms with Crippen LogP contribution in [0.3, 0.4) is 0 Å². The molecule has 0 amide bonds. The standard InChI is InChI=1S/C11H13F3O3S/c1-8(2)10(9-6-4-3-5-7-9)17-18(15,16)11(12,13)14/h3-8,10H,1-2H3. The third kappa shape index (κ3) is 3.46. The SMILES string of the molecule is CC(C)C(OS(=O)(=O)C(F)(F)F)c1ccccc1. The highest BCUT2D eigenvalue weighted by molar-refractivity contribution is 7.87. The van der Waals surface area contributed by atoms with E-state index in [1.165, 1.54) is 12.1 Å². The van der Waals surface area contributed by atoms with Gasteiger partial charge in [-0.25, -0.2) is 0 Å². The van der Waals surface area contributed by atoms with E-state index in [2.05, 4.69) is 4.18 Å². The van der Waals surface area contributed by atoms with Gasteiger partial charge in [-0.15, -0.1) is 0 Å². The second kappa shape index (κ2) is 5.27. The summed E-state index contributed by atoms with van der Waals surface area (Å²) < 4.78 is 63.1. The molecule has 0 saturated carbocycles. The Bertz CT molecular complexity index is 480. The molecular formula is C11H13F3O3S. The van der Waals surface area contributed by atoms with E-state index in [1.54, 1.807) is 32.0 Å². The van der Waals surface area contributed by atoms with E-state index in [9.17, 15) is 21.6 Å². The van der Waals surface area contributed by atoms with Gasteiger partial charge in [0, 0.05) is 0 Å². The van der Waals surface area contributed by atoms with Crippen molar-refractivity contribution in [3.63, 3.8) is 0 Å². The molecule has 0 spiro atoms. The van der Waals surface area contributed by atoms with Crippen molar-refractivity contribution in [1.82, 2.24) is 0 Å². The molecule has 3 nitrogen and oxygen atoms in total. The summed E-state index contributed by atoms with van der Waals surface area (Å²) in [6.07, 6.45) is -1.15. The van der Waals surface area contributed by atoms with Gasteiger partial charge < -0.3 is 0 Å². The Morgan fingerprint density at radius 1 is 1.11 bits per heavy atom. The van der Waals surface area contributed by atoms with Gasteiger partial charge in [-0.3, -0.25) is 4.18 Å². The van der Waals surface area contributed by atoms with Crippen LogP contribution in [-0.4, -0.2) is 13.9 Å². The van der Waals surface area contributed by atoms with E-state index >= 15 is 0 Å². The first kappa shape index (κ1) is 15.0. The van der Waals surface area contributed by atoms with Crippen LogP contribution >= 0.6 is 0 Å². The van der Waals surface area contributed by atoms with E-state index in [1.807, 2.05) is 0 Å². The summed E-state index contributed by atoms with van der Waals surface area (Å²) >= 11 is 0. The summed E-state index contributed by atoms with van der Waals surface area (Å²) in [4.78, 5) is 0. The zero-order valence-corrected chi connectivity index (χ0v) is 10.6. The molecule has 0 aromatic heterocycles. The highest BCUT2D eigenvalue weighted by atomic mass is 32.2. The minimum atomic E-state index is -5.59. The zero-order chi connectivity index (χ0) is 14.0. The van der Waals surface area contributed by atoms with Crippen molar-refractivity contribution >= 4 is 10.1 Å². The molecule has 1 unspecified atom stereocenters. The molecule has 0 aliphatic heterocycles. The molecule has 0 aliphatic rings. The quantitative estimate of drug-likeness (QED) is 0.629. The first-order valence-electron chi connectivity index (χ1n) is 5.19. The molecule has 1 rings (SSSR count). The molecule has 0 heterocycles. The van der Waals surface area contributed by atoms with Gasteiger partial charge in [-0.2, -0.15) is 21.6 Å². The Kier molecular flexibility index (Phi) is 4.39. The lowest BCUT2D eigenvalue weighted by atomic mass is 9.99. The first-order valence-corrected chi connectivity index (χ1v) is 6.60. The van der Waals surface area contributed by atoms with Gasteiger partial charge in [0.2, 0.25) is 0 Å². The van der Waals surface area contributed by atoms with Crippen LogP contribution in [0, 0.1) is 5.92 Å². The molecule has 1 atom stereocenters. The van der Waals surface area contributed by atoms with Crippen LogP contribution in [0.15, 0.2) is 30.3 Å². The number of halogens is 3. The molecule has 0 aliphatic carbocycles. The van der Waals surface area contributed by atoms with Crippen LogP contribution in [-0.2, 0) is 14.3 Å². The van der Waals surface area contributed by atoms with Crippen LogP contribution in [0.4, 0.5) is 13.2 Å². The lowest BCUT2D eigenvalue weighted by Gasteiger charge is -2.21. The second-order valence-corrected chi connectivity index (χ2v) is 5.63. The maximum absolute atomic E-state index is 12.3. The predicted molar refractivity (Wildman–Crippen MR) is 60.1 cm³/mol. The number of alkyl halides is 3. The summed E-state index contributed by atoms with van der Waals surface area (Å²) in [5, 5.41) is 0. The molecule has 0 saturated heterocycles. The Morgan fingerprint density at radius 3 is 2.00 bits per heavy atom. The lowest BCUT2D eigenvalue weighted by molar-refractivity contribution is -0.0591. The number of rotatable bonds is 4. The van der Waals surface area contributed by atoms with Gasteiger partial charge in [0.15, 0.2) is 0 Å². The Labute approximate surface area is 104 Å². The summed E-state index contributed by atoms with van der Waals surface area (Å²) in [6, 6.07) is 7.94. The molecule has 1 aromatic carbocycles.